The summed E-state index contributed by atoms with van der Waals surface area (Å²) < 4.78 is 2.15. The highest BCUT2D eigenvalue weighted by atomic mass is 31.2. The van der Waals surface area contributed by atoms with Gasteiger partial charge in [0.1, 0.15) is 23.2 Å². The van der Waals surface area contributed by atoms with Gasteiger partial charge in [-0.2, -0.15) is 0 Å². The van der Waals surface area contributed by atoms with Crippen LogP contribution in [-0.4, -0.2) is 15.7 Å². The largest absolute Gasteiger partial charge is 0.347 e. The van der Waals surface area contributed by atoms with Gasteiger partial charge in [-0.05, 0) is 48.5 Å². The minimum absolute atomic E-state index is 0.163. The minimum Gasteiger partial charge on any atom is -0.347 e. The first kappa shape index (κ1) is 22.1. The Bertz CT molecular complexity index is 1300. The lowest BCUT2D eigenvalue weighted by Gasteiger charge is -2.28. The van der Waals surface area contributed by atoms with Gasteiger partial charge in [0.2, 0.25) is 0 Å². The molecular weight excluding hydrogens is 439 g/mol. The number of nitro groups is 1. The van der Waals surface area contributed by atoms with Crippen LogP contribution in [0.15, 0.2) is 121 Å². The van der Waals surface area contributed by atoms with Crippen molar-refractivity contribution in [2.45, 2.75) is 13.0 Å². The van der Waals surface area contributed by atoms with Gasteiger partial charge >= 0.3 is 0 Å². The SMILES string of the molecule is O=[N+]([O-])c1cccc2c1ccn2CCC[P+](c1ccccc1)(c1ccccc1)c1ccccc1. The number of non-ortho nitro benzene ring substituents is 1. The van der Waals surface area contributed by atoms with Gasteiger partial charge in [-0.15, -0.1) is 0 Å². The van der Waals surface area contributed by atoms with Gasteiger partial charge in [0.15, 0.2) is 0 Å². The van der Waals surface area contributed by atoms with Crippen LogP contribution in [0.2, 0.25) is 0 Å². The monoisotopic (exact) mass is 465 g/mol. The molecule has 0 aliphatic rings. The molecule has 4 nitrogen and oxygen atoms in total. The molecule has 0 aliphatic heterocycles. The Morgan fingerprint density at radius 3 is 1.71 bits per heavy atom. The van der Waals surface area contributed by atoms with Crippen molar-refractivity contribution >= 4 is 39.8 Å². The number of nitrogens with zero attached hydrogens (tertiary/aromatic N) is 2. The van der Waals surface area contributed by atoms with E-state index in [1.54, 1.807) is 12.1 Å². The molecule has 0 atom stereocenters. The molecule has 0 bridgehead atoms. The van der Waals surface area contributed by atoms with Gasteiger partial charge < -0.3 is 4.57 Å². The smallest absolute Gasteiger partial charge is 0.278 e. The summed E-state index contributed by atoms with van der Waals surface area (Å²) in [5, 5.41) is 16.3. The molecule has 5 heteroatoms. The van der Waals surface area contributed by atoms with E-state index in [4.69, 9.17) is 0 Å². The lowest BCUT2D eigenvalue weighted by atomic mass is 10.2. The molecule has 0 N–H and O–H groups in total. The zero-order valence-electron chi connectivity index (χ0n) is 18.8. The molecule has 0 spiro atoms. The maximum Gasteiger partial charge on any atom is 0.278 e. The van der Waals surface area contributed by atoms with Gasteiger partial charge in [0, 0.05) is 25.2 Å². The number of hydrogen-bond donors (Lipinski definition) is 0. The van der Waals surface area contributed by atoms with Crippen LogP contribution in [0.25, 0.3) is 10.9 Å². The van der Waals surface area contributed by atoms with Gasteiger partial charge in [-0.1, -0.05) is 60.7 Å². The number of aryl methyl sites for hydroxylation is 1. The summed E-state index contributed by atoms with van der Waals surface area (Å²) in [6, 6.07) is 39.8. The molecule has 34 heavy (non-hydrogen) atoms. The van der Waals surface area contributed by atoms with Crippen molar-refractivity contribution in [1.29, 1.82) is 0 Å². The fourth-order valence-electron chi connectivity index (χ4n) is 4.92. The molecule has 0 saturated heterocycles. The Balaban J connectivity index is 1.54. The second kappa shape index (κ2) is 9.62. The van der Waals surface area contributed by atoms with E-state index in [-0.39, 0.29) is 10.6 Å². The highest BCUT2D eigenvalue weighted by Gasteiger charge is 2.44. The Labute approximate surface area is 200 Å². The van der Waals surface area contributed by atoms with Crippen LogP contribution in [0.4, 0.5) is 5.69 Å². The average Bonchev–Trinajstić information content (AvgIpc) is 3.31. The predicted octanol–water partition coefficient (Wildman–Crippen LogP) is 5.93. The quantitative estimate of drug-likeness (QED) is 0.162. The summed E-state index contributed by atoms with van der Waals surface area (Å²) in [6.45, 7) is 0.804. The van der Waals surface area contributed by atoms with E-state index in [0.29, 0.717) is 5.39 Å². The Hall–Kier alpha value is -3.75. The molecule has 168 valence electrons. The molecule has 0 amide bonds. The molecule has 0 fully saturated rings. The summed E-state index contributed by atoms with van der Waals surface area (Å²) in [6.07, 6.45) is 3.95. The van der Waals surface area contributed by atoms with E-state index < -0.39 is 7.26 Å². The van der Waals surface area contributed by atoms with Crippen molar-refractivity contribution in [3.05, 3.63) is 132 Å². The van der Waals surface area contributed by atoms with E-state index in [1.165, 1.54) is 15.9 Å². The molecule has 0 saturated carbocycles. The molecular formula is C29H26N2O2P+. The van der Waals surface area contributed by atoms with Gasteiger partial charge in [0.05, 0.1) is 22.0 Å². The second-order valence-electron chi connectivity index (χ2n) is 8.37. The van der Waals surface area contributed by atoms with Crippen molar-refractivity contribution in [3.63, 3.8) is 0 Å². The van der Waals surface area contributed by atoms with E-state index in [1.807, 2.05) is 18.3 Å². The van der Waals surface area contributed by atoms with Crippen molar-refractivity contribution in [2.24, 2.45) is 0 Å². The first-order valence-electron chi connectivity index (χ1n) is 11.5. The van der Waals surface area contributed by atoms with Gasteiger partial charge in [-0.3, -0.25) is 10.1 Å². The van der Waals surface area contributed by atoms with Crippen LogP contribution in [0.5, 0.6) is 0 Å². The predicted molar refractivity (Wildman–Crippen MR) is 143 cm³/mol. The van der Waals surface area contributed by atoms with Crippen LogP contribution < -0.4 is 15.9 Å². The van der Waals surface area contributed by atoms with E-state index in [9.17, 15) is 10.1 Å². The third-order valence-corrected chi connectivity index (χ3v) is 11.0. The Morgan fingerprint density at radius 1 is 0.676 bits per heavy atom. The lowest BCUT2D eigenvalue weighted by Crippen LogP contribution is -2.33. The molecule has 0 aliphatic carbocycles. The van der Waals surface area contributed by atoms with Crippen molar-refractivity contribution < 1.29 is 4.92 Å². The zero-order chi connectivity index (χ0) is 23.4. The maximum atomic E-state index is 11.4. The highest BCUT2D eigenvalue weighted by Crippen LogP contribution is 2.55. The standard InChI is InChI=1S/C29H26N2O2P/c32-31(33)29-19-10-18-28-27(29)20-22-30(28)21-11-23-34(24-12-4-1-5-13-24,25-14-6-2-7-15-25)26-16-8-3-9-17-26/h1-10,12-20,22H,11,21,23H2/q+1. The summed E-state index contributed by atoms with van der Waals surface area (Å²) in [5.41, 5.74) is 1.08. The third kappa shape index (κ3) is 4.02. The van der Waals surface area contributed by atoms with Crippen molar-refractivity contribution in [2.75, 3.05) is 6.16 Å². The second-order valence-corrected chi connectivity index (χ2v) is 12.0. The average molecular weight is 466 g/mol. The van der Waals surface area contributed by atoms with Crippen molar-refractivity contribution in [1.82, 2.24) is 4.57 Å². The van der Waals surface area contributed by atoms with E-state index in [0.717, 1.165) is 24.6 Å². The number of nitro benzene ring substituents is 1. The molecule has 5 rings (SSSR count). The first-order chi connectivity index (χ1) is 16.7. The highest BCUT2D eigenvalue weighted by molar-refractivity contribution is 7.95. The molecule has 1 heterocycles. The van der Waals surface area contributed by atoms with Crippen LogP contribution >= 0.6 is 7.26 Å². The number of fused-ring (bicyclic) bond motifs is 1. The summed E-state index contributed by atoms with van der Waals surface area (Å²) in [5.74, 6) is 0. The van der Waals surface area contributed by atoms with Gasteiger partial charge in [0.25, 0.3) is 5.69 Å². The van der Waals surface area contributed by atoms with Crippen LogP contribution in [0.1, 0.15) is 6.42 Å². The van der Waals surface area contributed by atoms with Crippen molar-refractivity contribution in [3.8, 4) is 0 Å². The van der Waals surface area contributed by atoms with E-state index in [2.05, 4.69) is 95.6 Å². The molecule has 0 radical (unpaired) electrons. The number of hydrogen-bond acceptors (Lipinski definition) is 2. The van der Waals surface area contributed by atoms with Gasteiger partial charge in [-0.25, -0.2) is 0 Å². The number of aromatic nitrogens is 1. The molecule has 4 aromatic carbocycles. The summed E-state index contributed by atoms with van der Waals surface area (Å²) in [7, 11) is -1.88. The Morgan fingerprint density at radius 2 is 1.21 bits per heavy atom. The van der Waals surface area contributed by atoms with E-state index >= 15 is 0 Å². The number of rotatable bonds is 8. The maximum absolute atomic E-state index is 11.4. The van der Waals surface area contributed by atoms with Crippen LogP contribution in [0.3, 0.4) is 0 Å². The zero-order valence-corrected chi connectivity index (χ0v) is 19.7. The van der Waals surface area contributed by atoms with Crippen LogP contribution in [0, 0.1) is 10.1 Å². The topological polar surface area (TPSA) is 48.1 Å². The molecule has 0 unspecified atom stereocenters. The lowest BCUT2D eigenvalue weighted by molar-refractivity contribution is -0.383. The Kier molecular flexibility index (Phi) is 6.24. The fraction of sp³-hybridized carbons (Fsp3) is 0.103. The fourth-order valence-corrected chi connectivity index (χ4v) is 9.25. The third-order valence-electron chi connectivity index (χ3n) is 6.47. The normalized spacial score (nSPS) is 11.5. The number of benzene rings is 4. The van der Waals surface area contributed by atoms with Crippen LogP contribution in [-0.2, 0) is 6.54 Å². The molecule has 1 aromatic heterocycles. The molecule has 5 aromatic rings. The summed E-state index contributed by atoms with van der Waals surface area (Å²) >= 11 is 0. The minimum atomic E-state index is -1.88. The first-order valence-corrected chi connectivity index (χ1v) is 13.4. The summed E-state index contributed by atoms with van der Waals surface area (Å²) in [4.78, 5) is 11.1.